The summed E-state index contributed by atoms with van der Waals surface area (Å²) < 4.78 is 10.5. The topological polar surface area (TPSA) is 30.5 Å². The van der Waals surface area contributed by atoms with Gasteiger partial charge in [-0.15, -0.1) is 11.8 Å². The Kier molecular flexibility index (Phi) is 4.50. The van der Waals surface area contributed by atoms with E-state index in [4.69, 9.17) is 9.47 Å². The van der Waals surface area contributed by atoms with Crippen molar-refractivity contribution < 1.29 is 9.47 Å². The Balaban J connectivity index is 3.00. The highest BCUT2D eigenvalue weighted by molar-refractivity contribution is 8.00. The van der Waals surface area contributed by atoms with E-state index in [9.17, 15) is 0 Å². The Morgan fingerprint density at radius 2 is 1.88 bits per heavy atom. The van der Waals surface area contributed by atoms with Gasteiger partial charge in [0.15, 0.2) is 0 Å². The van der Waals surface area contributed by atoms with Gasteiger partial charge < -0.3 is 14.8 Å². The lowest BCUT2D eigenvalue weighted by Crippen LogP contribution is -2.31. The second-order valence-electron chi connectivity index (χ2n) is 3.88. The lowest BCUT2D eigenvalue weighted by molar-refractivity contribution is 0.394. The Morgan fingerprint density at radius 1 is 1.19 bits per heavy atom. The first kappa shape index (κ1) is 13.2. The van der Waals surface area contributed by atoms with Crippen LogP contribution in [0.4, 0.5) is 0 Å². The van der Waals surface area contributed by atoms with Gasteiger partial charge in [0.1, 0.15) is 11.5 Å². The lowest BCUT2D eigenvalue weighted by atomic mass is 10.3. The predicted molar refractivity (Wildman–Crippen MR) is 68.5 cm³/mol. The SMILES string of the molecule is CNC(C)(C)Sc1cc(OC)ccc1OC. The molecule has 3 nitrogen and oxygen atoms in total. The maximum absolute atomic E-state index is 5.33. The fourth-order valence-corrected chi connectivity index (χ4v) is 2.27. The molecule has 90 valence electrons. The number of nitrogens with one attached hydrogen (secondary N) is 1. The van der Waals surface area contributed by atoms with Gasteiger partial charge in [-0.2, -0.15) is 0 Å². The van der Waals surface area contributed by atoms with Crippen LogP contribution in [0.25, 0.3) is 0 Å². The van der Waals surface area contributed by atoms with Crippen molar-refractivity contribution >= 4 is 11.8 Å². The largest absolute Gasteiger partial charge is 0.497 e. The van der Waals surface area contributed by atoms with Crippen LogP contribution in [0.1, 0.15) is 13.8 Å². The van der Waals surface area contributed by atoms with Crippen LogP contribution in [0.15, 0.2) is 23.1 Å². The van der Waals surface area contributed by atoms with E-state index >= 15 is 0 Å². The molecule has 0 aliphatic carbocycles. The molecule has 0 heterocycles. The number of thioether (sulfide) groups is 1. The average Bonchev–Trinajstić information content (AvgIpc) is 2.28. The van der Waals surface area contributed by atoms with E-state index in [1.165, 1.54) is 0 Å². The second kappa shape index (κ2) is 5.46. The highest BCUT2D eigenvalue weighted by atomic mass is 32.2. The van der Waals surface area contributed by atoms with Gasteiger partial charge in [0.05, 0.1) is 24.0 Å². The summed E-state index contributed by atoms with van der Waals surface area (Å²) in [5.41, 5.74) is 0. The smallest absolute Gasteiger partial charge is 0.132 e. The molecule has 1 rings (SSSR count). The molecule has 0 radical (unpaired) electrons. The third-order valence-corrected chi connectivity index (χ3v) is 3.59. The van der Waals surface area contributed by atoms with Gasteiger partial charge in [-0.3, -0.25) is 0 Å². The third kappa shape index (κ3) is 3.32. The van der Waals surface area contributed by atoms with Crippen molar-refractivity contribution in [2.45, 2.75) is 23.6 Å². The number of ether oxygens (including phenoxy) is 2. The van der Waals surface area contributed by atoms with Crippen molar-refractivity contribution in [2.24, 2.45) is 0 Å². The lowest BCUT2D eigenvalue weighted by Gasteiger charge is -2.24. The maximum atomic E-state index is 5.33. The predicted octanol–water partition coefficient (Wildman–Crippen LogP) is 2.75. The highest BCUT2D eigenvalue weighted by Gasteiger charge is 2.19. The van der Waals surface area contributed by atoms with E-state index in [0.29, 0.717) is 0 Å². The standard InChI is InChI=1S/C12H19NO2S/c1-12(2,13-3)16-11-8-9(14-4)6-7-10(11)15-5/h6-8,13H,1-5H3. The van der Waals surface area contributed by atoms with Crippen LogP contribution >= 0.6 is 11.8 Å². The van der Waals surface area contributed by atoms with Crippen LogP contribution in [0.5, 0.6) is 11.5 Å². The summed E-state index contributed by atoms with van der Waals surface area (Å²) >= 11 is 1.71. The Hall–Kier alpha value is -0.870. The number of benzene rings is 1. The quantitative estimate of drug-likeness (QED) is 0.634. The first-order chi connectivity index (χ1) is 7.52. The zero-order valence-electron chi connectivity index (χ0n) is 10.5. The van der Waals surface area contributed by atoms with Crippen molar-refractivity contribution in [1.29, 1.82) is 0 Å². The monoisotopic (exact) mass is 241 g/mol. The summed E-state index contributed by atoms with van der Waals surface area (Å²) in [4.78, 5) is 1.03. The van der Waals surface area contributed by atoms with Crippen LogP contribution < -0.4 is 14.8 Å². The Labute approximate surface area is 102 Å². The highest BCUT2D eigenvalue weighted by Crippen LogP contribution is 2.38. The van der Waals surface area contributed by atoms with E-state index in [2.05, 4.69) is 19.2 Å². The molecule has 0 amide bonds. The van der Waals surface area contributed by atoms with Gasteiger partial charge in [-0.1, -0.05) is 0 Å². The summed E-state index contributed by atoms with van der Waals surface area (Å²) in [5.74, 6) is 1.71. The Morgan fingerprint density at radius 3 is 2.38 bits per heavy atom. The Bertz CT molecular complexity index is 353. The molecule has 0 atom stereocenters. The van der Waals surface area contributed by atoms with Gasteiger partial charge in [0.25, 0.3) is 0 Å². The number of methoxy groups -OCH3 is 2. The van der Waals surface area contributed by atoms with E-state index in [1.807, 2.05) is 25.2 Å². The normalized spacial score (nSPS) is 11.3. The molecule has 0 aliphatic heterocycles. The molecule has 1 N–H and O–H groups in total. The minimum Gasteiger partial charge on any atom is -0.497 e. The van der Waals surface area contributed by atoms with Gasteiger partial charge in [0.2, 0.25) is 0 Å². The molecular weight excluding hydrogens is 222 g/mol. The molecule has 1 aromatic rings. The molecule has 0 aromatic heterocycles. The molecule has 0 aliphatic rings. The van der Waals surface area contributed by atoms with Crippen LogP contribution in [0.3, 0.4) is 0 Å². The fourth-order valence-electron chi connectivity index (χ4n) is 1.19. The summed E-state index contributed by atoms with van der Waals surface area (Å²) in [6, 6.07) is 5.81. The molecule has 4 heteroatoms. The number of hydrogen-bond acceptors (Lipinski definition) is 4. The molecule has 0 saturated heterocycles. The average molecular weight is 241 g/mol. The molecule has 0 fully saturated rings. The van der Waals surface area contributed by atoms with Crippen LogP contribution in [0.2, 0.25) is 0 Å². The third-order valence-electron chi connectivity index (χ3n) is 2.34. The van der Waals surface area contributed by atoms with Crippen LogP contribution in [-0.4, -0.2) is 26.1 Å². The van der Waals surface area contributed by atoms with Gasteiger partial charge in [-0.05, 0) is 39.1 Å². The maximum Gasteiger partial charge on any atom is 0.132 e. The molecule has 0 unspecified atom stereocenters. The minimum absolute atomic E-state index is 0.0420. The summed E-state index contributed by atoms with van der Waals surface area (Å²) in [7, 11) is 5.29. The van der Waals surface area contributed by atoms with E-state index in [1.54, 1.807) is 26.0 Å². The molecule has 1 aromatic carbocycles. The number of hydrogen-bond donors (Lipinski definition) is 1. The zero-order chi connectivity index (χ0) is 12.2. The minimum atomic E-state index is -0.0420. The van der Waals surface area contributed by atoms with Crippen molar-refractivity contribution in [3.8, 4) is 11.5 Å². The van der Waals surface area contributed by atoms with Crippen molar-refractivity contribution in [3.63, 3.8) is 0 Å². The molecule has 16 heavy (non-hydrogen) atoms. The zero-order valence-corrected chi connectivity index (χ0v) is 11.3. The second-order valence-corrected chi connectivity index (χ2v) is 5.54. The molecular formula is C12H19NO2S. The first-order valence-corrected chi connectivity index (χ1v) is 5.94. The summed E-state index contributed by atoms with van der Waals surface area (Å²) in [5, 5.41) is 3.25. The van der Waals surface area contributed by atoms with Gasteiger partial charge in [0, 0.05) is 0 Å². The van der Waals surface area contributed by atoms with Crippen molar-refractivity contribution in [3.05, 3.63) is 18.2 Å². The summed E-state index contributed by atoms with van der Waals surface area (Å²) in [6.07, 6.45) is 0. The van der Waals surface area contributed by atoms with Crippen LogP contribution in [0, 0.1) is 0 Å². The first-order valence-electron chi connectivity index (χ1n) is 5.12. The molecule has 0 bridgehead atoms. The van der Waals surface area contributed by atoms with Gasteiger partial charge >= 0.3 is 0 Å². The summed E-state index contributed by atoms with van der Waals surface area (Å²) in [6.45, 7) is 4.24. The van der Waals surface area contributed by atoms with Crippen LogP contribution in [-0.2, 0) is 0 Å². The number of rotatable bonds is 5. The van der Waals surface area contributed by atoms with E-state index in [-0.39, 0.29) is 4.87 Å². The van der Waals surface area contributed by atoms with Crippen molar-refractivity contribution in [1.82, 2.24) is 5.32 Å². The van der Waals surface area contributed by atoms with E-state index < -0.39 is 0 Å². The fraction of sp³-hybridized carbons (Fsp3) is 0.500. The van der Waals surface area contributed by atoms with Gasteiger partial charge in [-0.25, -0.2) is 0 Å². The molecule has 0 spiro atoms. The van der Waals surface area contributed by atoms with Crippen molar-refractivity contribution in [2.75, 3.05) is 21.3 Å². The molecule has 0 saturated carbocycles. The van der Waals surface area contributed by atoms with E-state index in [0.717, 1.165) is 16.4 Å².